The van der Waals surface area contributed by atoms with Gasteiger partial charge in [-0.05, 0) is 49.9 Å². The fraction of sp³-hybridized carbons (Fsp3) is 0.190. The second-order valence-electron chi connectivity index (χ2n) is 6.30. The minimum absolute atomic E-state index is 0.249. The third-order valence-corrected chi connectivity index (χ3v) is 5.13. The molecule has 1 heterocycles. The van der Waals surface area contributed by atoms with Gasteiger partial charge in [-0.2, -0.15) is 0 Å². The monoisotopic (exact) mass is 429 g/mol. The topological polar surface area (TPSA) is 73.2 Å². The number of carbonyl (C=O) groups excluding carboxylic acids is 2. The highest BCUT2D eigenvalue weighted by atomic mass is 35.5. The summed E-state index contributed by atoms with van der Waals surface area (Å²) in [6, 6.07) is 14.6. The fourth-order valence-corrected chi connectivity index (χ4v) is 3.40. The molecule has 0 aliphatic rings. The van der Waals surface area contributed by atoms with Crippen molar-refractivity contribution in [2.45, 2.75) is 25.1 Å². The van der Waals surface area contributed by atoms with Gasteiger partial charge in [-0.3, -0.25) is 9.36 Å². The predicted octanol–water partition coefficient (Wildman–Crippen LogP) is 4.74. The normalized spacial score (nSPS) is 11.7. The van der Waals surface area contributed by atoms with E-state index in [1.165, 1.54) is 24.9 Å². The number of thioether (sulfide) groups is 1. The molecule has 1 atom stereocenters. The first-order valence-corrected chi connectivity index (χ1v) is 10.5. The first-order chi connectivity index (χ1) is 13.9. The number of halogens is 1. The summed E-state index contributed by atoms with van der Waals surface area (Å²) in [6.45, 7) is 3.37. The molecule has 0 bridgehead atoms. The number of hydrogen-bond acceptors (Lipinski definition) is 5. The minimum Gasteiger partial charge on any atom is -0.448 e. The largest absolute Gasteiger partial charge is 0.448 e. The number of nitrogens with zero attached hydrogens (tertiary/aromatic N) is 2. The van der Waals surface area contributed by atoms with Gasteiger partial charge in [-0.25, -0.2) is 9.78 Å². The second-order valence-corrected chi connectivity index (χ2v) is 7.51. The first kappa shape index (κ1) is 21.0. The van der Waals surface area contributed by atoms with E-state index in [4.69, 9.17) is 16.3 Å². The molecule has 0 fully saturated rings. The Bertz CT molecular complexity index is 1040. The molecule has 0 spiro atoms. The molecule has 1 amide bonds. The molecule has 8 heteroatoms. The first-order valence-electron chi connectivity index (χ1n) is 8.86. The Labute approximate surface area is 178 Å². The number of carbonyl (C=O) groups is 2. The number of para-hydroxylation sites is 1. The molecular formula is C21H20ClN3O3S. The van der Waals surface area contributed by atoms with Gasteiger partial charge in [-0.15, -0.1) is 0 Å². The maximum atomic E-state index is 12.8. The molecule has 3 aromatic rings. The Hall–Kier alpha value is -2.77. The molecule has 29 heavy (non-hydrogen) atoms. The summed E-state index contributed by atoms with van der Waals surface area (Å²) in [6.07, 6.45) is 2.32. The number of ether oxygens (including phenoxy) is 1. The molecule has 150 valence electrons. The number of imidazole rings is 1. The molecular weight excluding hydrogens is 410 g/mol. The van der Waals surface area contributed by atoms with Crippen molar-refractivity contribution in [3.05, 3.63) is 71.0 Å². The number of amides is 1. The molecule has 3 rings (SSSR count). The van der Waals surface area contributed by atoms with E-state index in [2.05, 4.69) is 10.3 Å². The maximum Gasteiger partial charge on any atom is 0.357 e. The number of anilines is 1. The van der Waals surface area contributed by atoms with E-state index >= 15 is 0 Å². The number of rotatable bonds is 6. The van der Waals surface area contributed by atoms with E-state index in [0.717, 1.165) is 11.3 Å². The molecule has 1 unspecified atom stereocenters. The lowest BCUT2D eigenvalue weighted by molar-refractivity contribution is -0.123. The van der Waals surface area contributed by atoms with Gasteiger partial charge in [0.1, 0.15) is 0 Å². The Morgan fingerprint density at radius 3 is 2.62 bits per heavy atom. The van der Waals surface area contributed by atoms with E-state index in [9.17, 15) is 9.59 Å². The Morgan fingerprint density at radius 1 is 1.21 bits per heavy atom. The van der Waals surface area contributed by atoms with Crippen LogP contribution in [0.5, 0.6) is 0 Å². The van der Waals surface area contributed by atoms with E-state index in [0.29, 0.717) is 15.9 Å². The summed E-state index contributed by atoms with van der Waals surface area (Å²) in [4.78, 5) is 29.5. The predicted molar refractivity (Wildman–Crippen MR) is 115 cm³/mol. The van der Waals surface area contributed by atoms with Crippen LogP contribution < -0.4 is 5.32 Å². The number of aromatic nitrogens is 2. The molecule has 2 aromatic carbocycles. The zero-order valence-corrected chi connectivity index (χ0v) is 17.8. The molecule has 6 nitrogen and oxygen atoms in total. The minimum atomic E-state index is -1.00. The SMILES string of the molecule is CSc1ncc(C(=O)OC(C)C(=O)Nc2cc(Cl)ccc2C)n1-c1ccccc1. The zero-order valence-electron chi connectivity index (χ0n) is 16.2. The molecule has 0 radical (unpaired) electrons. The molecule has 0 aliphatic carbocycles. The Kier molecular flexibility index (Phi) is 6.61. The van der Waals surface area contributed by atoms with Crippen LogP contribution in [0.3, 0.4) is 0 Å². The molecule has 1 N–H and O–H groups in total. The van der Waals surface area contributed by atoms with Crippen LogP contribution in [0.2, 0.25) is 5.02 Å². The smallest absolute Gasteiger partial charge is 0.357 e. The summed E-state index contributed by atoms with van der Waals surface area (Å²) in [5.41, 5.74) is 2.46. The van der Waals surface area contributed by atoms with Crippen molar-refractivity contribution in [2.24, 2.45) is 0 Å². The lowest BCUT2D eigenvalue weighted by Gasteiger charge is -2.16. The molecule has 0 saturated heterocycles. The number of hydrogen-bond donors (Lipinski definition) is 1. The standard InChI is InChI=1S/C21H20ClN3O3S/c1-13-9-10-15(22)11-17(13)24-19(26)14(2)28-20(27)18-12-23-21(29-3)25(18)16-7-5-4-6-8-16/h4-12,14H,1-3H3,(H,24,26). The summed E-state index contributed by atoms with van der Waals surface area (Å²) in [5, 5.41) is 3.90. The fourth-order valence-electron chi connectivity index (χ4n) is 2.69. The average molecular weight is 430 g/mol. The van der Waals surface area contributed by atoms with Crippen LogP contribution in [-0.4, -0.2) is 33.8 Å². The van der Waals surface area contributed by atoms with Gasteiger partial charge in [-0.1, -0.05) is 47.6 Å². The third kappa shape index (κ3) is 4.81. The average Bonchev–Trinajstić information content (AvgIpc) is 3.15. The molecule has 0 saturated carbocycles. The highest BCUT2D eigenvalue weighted by molar-refractivity contribution is 7.98. The van der Waals surface area contributed by atoms with Crippen molar-refractivity contribution in [3.8, 4) is 5.69 Å². The zero-order chi connectivity index (χ0) is 21.0. The highest BCUT2D eigenvalue weighted by Gasteiger charge is 2.24. The summed E-state index contributed by atoms with van der Waals surface area (Å²) in [7, 11) is 0. The van der Waals surface area contributed by atoms with Crippen LogP contribution in [0.1, 0.15) is 23.0 Å². The number of benzene rings is 2. The lowest BCUT2D eigenvalue weighted by atomic mass is 10.2. The number of nitrogens with one attached hydrogen (secondary N) is 1. The summed E-state index contributed by atoms with van der Waals surface area (Å²) in [5.74, 6) is -1.08. The summed E-state index contributed by atoms with van der Waals surface area (Å²) < 4.78 is 7.11. The van der Waals surface area contributed by atoms with E-state index in [-0.39, 0.29) is 5.69 Å². The Balaban J connectivity index is 1.77. The van der Waals surface area contributed by atoms with E-state index in [1.807, 2.05) is 43.5 Å². The van der Waals surface area contributed by atoms with Gasteiger partial charge in [0.05, 0.1) is 6.20 Å². The van der Waals surface area contributed by atoms with Crippen molar-refractivity contribution >= 4 is 40.9 Å². The Morgan fingerprint density at radius 2 is 1.93 bits per heavy atom. The van der Waals surface area contributed by atoms with Crippen LogP contribution in [0.25, 0.3) is 5.69 Å². The second kappa shape index (κ2) is 9.15. The van der Waals surface area contributed by atoms with Gasteiger partial charge in [0.2, 0.25) is 0 Å². The lowest BCUT2D eigenvalue weighted by Crippen LogP contribution is -2.30. The quantitative estimate of drug-likeness (QED) is 0.452. The van der Waals surface area contributed by atoms with Crippen LogP contribution in [-0.2, 0) is 9.53 Å². The van der Waals surface area contributed by atoms with Gasteiger partial charge < -0.3 is 10.1 Å². The number of aryl methyl sites for hydroxylation is 1. The van der Waals surface area contributed by atoms with E-state index < -0.39 is 18.0 Å². The van der Waals surface area contributed by atoms with Gasteiger partial charge in [0, 0.05) is 16.4 Å². The van der Waals surface area contributed by atoms with Crippen molar-refractivity contribution in [2.75, 3.05) is 11.6 Å². The van der Waals surface area contributed by atoms with Crippen molar-refractivity contribution in [3.63, 3.8) is 0 Å². The van der Waals surface area contributed by atoms with Gasteiger partial charge in [0.15, 0.2) is 17.0 Å². The van der Waals surface area contributed by atoms with Crippen LogP contribution in [0.4, 0.5) is 5.69 Å². The van der Waals surface area contributed by atoms with Crippen molar-refractivity contribution in [1.29, 1.82) is 0 Å². The molecule has 0 aliphatic heterocycles. The summed E-state index contributed by atoms with van der Waals surface area (Å²) >= 11 is 7.40. The third-order valence-electron chi connectivity index (χ3n) is 4.25. The van der Waals surface area contributed by atoms with Gasteiger partial charge >= 0.3 is 5.97 Å². The van der Waals surface area contributed by atoms with Gasteiger partial charge in [0.25, 0.3) is 5.91 Å². The van der Waals surface area contributed by atoms with Crippen LogP contribution in [0, 0.1) is 6.92 Å². The molecule has 1 aromatic heterocycles. The van der Waals surface area contributed by atoms with Crippen molar-refractivity contribution in [1.82, 2.24) is 9.55 Å². The van der Waals surface area contributed by atoms with Crippen molar-refractivity contribution < 1.29 is 14.3 Å². The number of esters is 1. The van der Waals surface area contributed by atoms with Crippen LogP contribution in [0.15, 0.2) is 59.9 Å². The highest BCUT2D eigenvalue weighted by Crippen LogP contribution is 2.23. The maximum absolute atomic E-state index is 12.8. The van der Waals surface area contributed by atoms with Crippen LogP contribution >= 0.6 is 23.4 Å². The van der Waals surface area contributed by atoms with E-state index in [1.54, 1.807) is 22.8 Å².